The molecular weight excluding hydrogens is 440 g/mol. The molecule has 1 N–H and O–H groups in total. The number of esters is 1. The number of aryl methyl sites for hydroxylation is 1. The lowest BCUT2D eigenvalue weighted by molar-refractivity contribution is 0.0527. The number of likely N-dealkylation sites (N-methyl/N-ethyl adjacent to an activating group) is 1. The van der Waals surface area contributed by atoms with Gasteiger partial charge in [0.25, 0.3) is 0 Å². The van der Waals surface area contributed by atoms with E-state index in [1.54, 1.807) is 6.20 Å². The van der Waals surface area contributed by atoms with Crippen molar-refractivity contribution in [3.63, 3.8) is 0 Å². The summed E-state index contributed by atoms with van der Waals surface area (Å²) in [4.78, 5) is 22.3. The van der Waals surface area contributed by atoms with Crippen LogP contribution in [0, 0.1) is 0 Å². The quantitative estimate of drug-likeness (QED) is 0.445. The largest absolute Gasteiger partial charge is 0.492 e. The SMILES string of the molecule is CCOC(=O)c1cnc2cc(OCC)c(N3CCCN(C)CC3)cc2c1Nc1ccc(CC)cc1. The van der Waals surface area contributed by atoms with E-state index in [-0.39, 0.29) is 5.97 Å². The zero-order valence-electron chi connectivity index (χ0n) is 21.3. The number of hydrogen-bond acceptors (Lipinski definition) is 7. The number of benzene rings is 2. The molecule has 0 unspecified atom stereocenters. The van der Waals surface area contributed by atoms with Gasteiger partial charge in [-0.2, -0.15) is 0 Å². The minimum absolute atomic E-state index is 0.303. The second kappa shape index (κ2) is 11.4. The predicted molar refractivity (Wildman–Crippen MR) is 142 cm³/mol. The fourth-order valence-electron chi connectivity index (χ4n) is 4.48. The Morgan fingerprint density at radius 3 is 2.54 bits per heavy atom. The van der Waals surface area contributed by atoms with E-state index in [0.717, 1.165) is 67.0 Å². The molecule has 0 spiro atoms. The van der Waals surface area contributed by atoms with E-state index < -0.39 is 0 Å². The fourth-order valence-corrected chi connectivity index (χ4v) is 4.48. The number of carbonyl (C=O) groups excluding carboxylic acids is 1. The molecule has 0 radical (unpaired) electrons. The highest BCUT2D eigenvalue weighted by molar-refractivity contribution is 6.07. The first kappa shape index (κ1) is 24.8. The van der Waals surface area contributed by atoms with Gasteiger partial charge in [-0.1, -0.05) is 19.1 Å². The highest BCUT2D eigenvalue weighted by Crippen LogP contribution is 2.38. The Labute approximate surface area is 208 Å². The van der Waals surface area contributed by atoms with E-state index in [4.69, 9.17) is 9.47 Å². The Kier molecular flexibility index (Phi) is 8.08. The third-order valence-corrected chi connectivity index (χ3v) is 6.44. The molecule has 1 saturated heterocycles. The van der Waals surface area contributed by atoms with E-state index in [2.05, 4.69) is 52.3 Å². The summed E-state index contributed by atoms with van der Waals surface area (Å²) in [6.07, 6.45) is 3.65. The highest BCUT2D eigenvalue weighted by Gasteiger charge is 2.22. The number of pyridine rings is 1. The number of ether oxygens (including phenoxy) is 2. The first-order valence-electron chi connectivity index (χ1n) is 12.6. The van der Waals surface area contributed by atoms with Gasteiger partial charge in [-0.25, -0.2) is 4.79 Å². The smallest absolute Gasteiger partial charge is 0.341 e. The van der Waals surface area contributed by atoms with Crippen molar-refractivity contribution in [3.05, 3.63) is 53.7 Å². The van der Waals surface area contributed by atoms with E-state index in [1.165, 1.54) is 5.56 Å². The first-order valence-corrected chi connectivity index (χ1v) is 12.6. The zero-order chi connectivity index (χ0) is 24.8. The maximum absolute atomic E-state index is 12.9. The maximum Gasteiger partial charge on any atom is 0.341 e. The molecule has 1 aromatic heterocycles. The van der Waals surface area contributed by atoms with Crippen molar-refractivity contribution in [1.82, 2.24) is 9.88 Å². The van der Waals surface area contributed by atoms with Crippen LogP contribution in [0.3, 0.4) is 0 Å². The van der Waals surface area contributed by atoms with Crippen molar-refractivity contribution in [2.24, 2.45) is 0 Å². The number of carbonyl (C=O) groups is 1. The van der Waals surface area contributed by atoms with Gasteiger partial charge in [-0.3, -0.25) is 4.98 Å². The van der Waals surface area contributed by atoms with Crippen molar-refractivity contribution in [2.45, 2.75) is 33.6 Å². The number of fused-ring (bicyclic) bond motifs is 1. The van der Waals surface area contributed by atoms with E-state index in [1.807, 2.05) is 32.0 Å². The van der Waals surface area contributed by atoms with Crippen LogP contribution in [-0.2, 0) is 11.2 Å². The molecule has 0 amide bonds. The molecule has 35 heavy (non-hydrogen) atoms. The molecule has 1 aliphatic rings. The molecule has 7 nitrogen and oxygen atoms in total. The Morgan fingerprint density at radius 1 is 1.03 bits per heavy atom. The minimum atomic E-state index is -0.388. The van der Waals surface area contributed by atoms with Crippen LogP contribution in [0.15, 0.2) is 42.6 Å². The van der Waals surface area contributed by atoms with Gasteiger partial charge in [0, 0.05) is 43.0 Å². The first-order chi connectivity index (χ1) is 17.0. The van der Waals surface area contributed by atoms with Crippen LogP contribution in [0.25, 0.3) is 10.9 Å². The molecule has 0 bridgehead atoms. The van der Waals surface area contributed by atoms with Gasteiger partial charge in [0.05, 0.1) is 30.1 Å². The van der Waals surface area contributed by atoms with Crippen LogP contribution in [0.5, 0.6) is 5.75 Å². The topological polar surface area (TPSA) is 66.9 Å². The zero-order valence-corrected chi connectivity index (χ0v) is 21.3. The standard InChI is InChI=1S/C28H36N4O3/c1-5-20-9-11-21(12-10-20)30-27-22-17-25(32-14-8-13-31(4)15-16-32)26(34-6-2)18-24(22)29-19-23(27)28(33)35-7-3/h9-12,17-19H,5-8,13-16H2,1-4H3,(H,29,30). The molecule has 0 atom stereocenters. The van der Waals surface area contributed by atoms with Crippen molar-refractivity contribution in [2.75, 3.05) is 56.7 Å². The Balaban J connectivity index is 1.86. The molecule has 0 aliphatic carbocycles. The lowest BCUT2D eigenvalue weighted by atomic mass is 10.1. The molecule has 3 aromatic rings. The Bertz CT molecular complexity index is 1160. The highest BCUT2D eigenvalue weighted by atomic mass is 16.5. The molecule has 1 fully saturated rings. The van der Waals surface area contributed by atoms with E-state index in [9.17, 15) is 4.79 Å². The monoisotopic (exact) mass is 476 g/mol. The van der Waals surface area contributed by atoms with Gasteiger partial charge < -0.3 is 24.6 Å². The number of anilines is 3. The molecule has 2 aromatic carbocycles. The Morgan fingerprint density at radius 2 is 1.83 bits per heavy atom. The van der Waals surface area contributed by atoms with Gasteiger partial charge in [0.15, 0.2) is 0 Å². The number of hydrogen-bond donors (Lipinski definition) is 1. The summed E-state index contributed by atoms with van der Waals surface area (Å²) in [5.74, 6) is 0.431. The van der Waals surface area contributed by atoms with Crippen LogP contribution in [0.4, 0.5) is 17.1 Å². The molecular formula is C28H36N4O3. The summed E-state index contributed by atoms with van der Waals surface area (Å²) in [5, 5.41) is 4.37. The lowest BCUT2D eigenvalue weighted by Gasteiger charge is -2.26. The van der Waals surface area contributed by atoms with Crippen molar-refractivity contribution >= 4 is 33.9 Å². The normalized spacial score (nSPS) is 14.6. The van der Waals surface area contributed by atoms with E-state index in [0.29, 0.717) is 24.5 Å². The second-order valence-corrected chi connectivity index (χ2v) is 8.86. The number of rotatable bonds is 8. The summed E-state index contributed by atoms with van der Waals surface area (Å²) < 4.78 is 11.4. The predicted octanol–water partition coefficient (Wildman–Crippen LogP) is 5.26. The maximum atomic E-state index is 12.9. The molecule has 1 aliphatic heterocycles. The molecule has 4 rings (SSSR count). The Hall–Kier alpha value is -3.32. The minimum Gasteiger partial charge on any atom is -0.492 e. The van der Waals surface area contributed by atoms with Crippen LogP contribution in [0.1, 0.15) is 43.1 Å². The summed E-state index contributed by atoms with van der Waals surface area (Å²) in [5.41, 5.74) is 5.09. The van der Waals surface area contributed by atoms with Crippen molar-refractivity contribution in [1.29, 1.82) is 0 Å². The second-order valence-electron chi connectivity index (χ2n) is 8.86. The molecule has 0 saturated carbocycles. The molecule has 2 heterocycles. The number of aromatic nitrogens is 1. The van der Waals surface area contributed by atoms with E-state index >= 15 is 0 Å². The third kappa shape index (κ3) is 5.68. The number of nitrogens with one attached hydrogen (secondary N) is 1. The van der Waals surface area contributed by atoms with Gasteiger partial charge in [0.2, 0.25) is 0 Å². The van der Waals surface area contributed by atoms with Gasteiger partial charge in [-0.05, 0) is 64.0 Å². The van der Waals surface area contributed by atoms with Crippen LogP contribution in [-0.4, -0.2) is 62.3 Å². The van der Waals surface area contributed by atoms with Gasteiger partial charge >= 0.3 is 5.97 Å². The van der Waals surface area contributed by atoms with Crippen LogP contribution in [0.2, 0.25) is 0 Å². The summed E-state index contributed by atoms with van der Waals surface area (Å²) in [6, 6.07) is 12.4. The van der Waals surface area contributed by atoms with Crippen LogP contribution >= 0.6 is 0 Å². The van der Waals surface area contributed by atoms with Crippen molar-refractivity contribution in [3.8, 4) is 5.75 Å². The molecule has 7 heteroatoms. The average molecular weight is 477 g/mol. The van der Waals surface area contributed by atoms with Crippen LogP contribution < -0.4 is 15.0 Å². The average Bonchev–Trinajstić information content (AvgIpc) is 3.09. The van der Waals surface area contributed by atoms with Gasteiger partial charge in [0.1, 0.15) is 11.3 Å². The summed E-state index contributed by atoms with van der Waals surface area (Å²) in [6.45, 7) is 10.7. The third-order valence-electron chi connectivity index (χ3n) is 6.44. The molecule has 186 valence electrons. The number of nitrogens with zero attached hydrogens (tertiary/aromatic N) is 3. The summed E-state index contributed by atoms with van der Waals surface area (Å²) >= 11 is 0. The lowest BCUT2D eigenvalue weighted by Crippen LogP contribution is -2.29. The van der Waals surface area contributed by atoms with Gasteiger partial charge in [-0.15, -0.1) is 0 Å². The summed E-state index contributed by atoms with van der Waals surface area (Å²) in [7, 11) is 2.16. The fraction of sp³-hybridized carbons (Fsp3) is 0.429. The van der Waals surface area contributed by atoms with Crippen molar-refractivity contribution < 1.29 is 14.3 Å².